The minimum absolute atomic E-state index is 0.182. The number of carbonyl (C=O) groups excluding carboxylic acids is 1. The highest BCUT2D eigenvalue weighted by Crippen LogP contribution is 2.19. The van der Waals surface area contributed by atoms with Crippen LogP contribution in [0.2, 0.25) is 0 Å². The summed E-state index contributed by atoms with van der Waals surface area (Å²) in [5.74, 6) is -0.144. The van der Waals surface area contributed by atoms with Crippen LogP contribution in [0.1, 0.15) is 28.8 Å². The van der Waals surface area contributed by atoms with Crippen molar-refractivity contribution >= 4 is 5.91 Å². The van der Waals surface area contributed by atoms with Gasteiger partial charge in [-0.05, 0) is 44.4 Å². The van der Waals surface area contributed by atoms with Gasteiger partial charge in [0.05, 0.1) is 5.56 Å². The van der Waals surface area contributed by atoms with E-state index in [1.54, 1.807) is 17.0 Å². The smallest absolute Gasteiger partial charge is 0.256 e. The Bertz CT molecular complexity index is 439. The Morgan fingerprint density at radius 3 is 2.72 bits per heavy atom. The second-order valence-electron chi connectivity index (χ2n) is 4.95. The fraction of sp³-hybridized carbons (Fsp3) is 0.500. The lowest BCUT2D eigenvalue weighted by Gasteiger charge is -2.31. The van der Waals surface area contributed by atoms with Crippen molar-refractivity contribution in [3.05, 3.63) is 35.1 Å². The molecule has 1 amide bonds. The van der Waals surface area contributed by atoms with E-state index in [0.717, 1.165) is 18.4 Å². The number of likely N-dealkylation sites (tertiary alicyclic amines) is 1. The molecule has 0 saturated carbocycles. The number of hydrogen-bond donors (Lipinski definition) is 1. The SMILES string of the molecule is Cc1ccc(F)c(C(=O)N2CCC(CN)CC2)c1. The Balaban J connectivity index is 2.10. The van der Waals surface area contributed by atoms with Gasteiger partial charge in [0, 0.05) is 13.1 Å². The minimum atomic E-state index is -0.438. The molecule has 4 heteroatoms. The van der Waals surface area contributed by atoms with Crippen LogP contribution in [0.3, 0.4) is 0 Å². The lowest BCUT2D eigenvalue weighted by atomic mass is 9.96. The van der Waals surface area contributed by atoms with E-state index in [1.165, 1.54) is 6.07 Å². The van der Waals surface area contributed by atoms with Crippen molar-refractivity contribution < 1.29 is 9.18 Å². The van der Waals surface area contributed by atoms with E-state index < -0.39 is 5.82 Å². The molecule has 98 valence electrons. The second kappa shape index (κ2) is 5.48. The summed E-state index contributed by atoms with van der Waals surface area (Å²) >= 11 is 0. The quantitative estimate of drug-likeness (QED) is 0.872. The Morgan fingerprint density at radius 1 is 1.44 bits per heavy atom. The molecular formula is C14H19FN2O. The van der Waals surface area contributed by atoms with Crippen LogP contribution < -0.4 is 5.73 Å². The predicted octanol–water partition coefficient (Wildman–Crippen LogP) is 1.95. The molecule has 1 heterocycles. The van der Waals surface area contributed by atoms with Crippen LogP contribution in [0, 0.1) is 18.7 Å². The second-order valence-corrected chi connectivity index (χ2v) is 4.95. The maximum Gasteiger partial charge on any atom is 0.256 e. The van der Waals surface area contributed by atoms with Gasteiger partial charge in [0.1, 0.15) is 5.82 Å². The third kappa shape index (κ3) is 2.70. The molecule has 0 atom stereocenters. The Labute approximate surface area is 107 Å². The molecule has 1 saturated heterocycles. The number of aryl methyl sites for hydroxylation is 1. The highest BCUT2D eigenvalue weighted by atomic mass is 19.1. The van der Waals surface area contributed by atoms with Crippen molar-refractivity contribution in [3.8, 4) is 0 Å². The first-order valence-corrected chi connectivity index (χ1v) is 6.37. The largest absolute Gasteiger partial charge is 0.339 e. The van der Waals surface area contributed by atoms with Gasteiger partial charge >= 0.3 is 0 Å². The summed E-state index contributed by atoms with van der Waals surface area (Å²) in [6, 6.07) is 4.65. The first kappa shape index (κ1) is 13.0. The van der Waals surface area contributed by atoms with E-state index in [9.17, 15) is 9.18 Å². The Hall–Kier alpha value is -1.42. The van der Waals surface area contributed by atoms with Gasteiger partial charge in [-0.15, -0.1) is 0 Å². The topological polar surface area (TPSA) is 46.3 Å². The van der Waals surface area contributed by atoms with Gasteiger partial charge in [-0.1, -0.05) is 11.6 Å². The zero-order chi connectivity index (χ0) is 13.1. The third-order valence-electron chi connectivity index (χ3n) is 3.59. The molecule has 1 aromatic rings. The molecule has 0 aromatic heterocycles. The number of rotatable bonds is 2. The zero-order valence-corrected chi connectivity index (χ0v) is 10.7. The first-order valence-electron chi connectivity index (χ1n) is 6.37. The molecule has 18 heavy (non-hydrogen) atoms. The van der Waals surface area contributed by atoms with E-state index in [2.05, 4.69) is 0 Å². The molecule has 1 aliphatic rings. The van der Waals surface area contributed by atoms with Crippen LogP contribution in [0.15, 0.2) is 18.2 Å². The van der Waals surface area contributed by atoms with Crippen LogP contribution in [0.5, 0.6) is 0 Å². The van der Waals surface area contributed by atoms with E-state index in [-0.39, 0.29) is 11.5 Å². The van der Waals surface area contributed by atoms with E-state index in [4.69, 9.17) is 5.73 Å². The van der Waals surface area contributed by atoms with Crippen LogP contribution in [0.4, 0.5) is 4.39 Å². The molecule has 0 radical (unpaired) electrons. The number of carbonyl (C=O) groups is 1. The van der Waals surface area contributed by atoms with Crippen molar-refractivity contribution in [2.75, 3.05) is 19.6 Å². The molecule has 2 N–H and O–H groups in total. The van der Waals surface area contributed by atoms with Gasteiger partial charge in [-0.3, -0.25) is 4.79 Å². The van der Waals surface area contributed by atoms with Crippen molar-refractivity contribution in [1.82, 2.24) is 4.90 Å². The number of benzene rings is 1. The summed E-state index contributed by atoms with van der Waals surface area (Å²) in [7, 11) is 0. The van der Waals surface area contributed by atoms with Gasteiger partial charge in [-0.2, -0.15) is 0 Å². The molecule has 2 rings (SSSR count). The zero-order valence-electron chi connectivity index (χ0n) is 10.7. The normalized spacial score (nSPS) is 16.9. The summed E-state index contributed by atoms with van der Waals surface area (Å²) in [6.45, 7) is 3.87. The van der Waals surface area contributed by atoms with Gasteiger partial charge in [0.2, 0.25) is 0 Å². The van der Waals surface area contributed by atoms with Crippen molar-refractivity contribution in [2.45, 2.75) is 19.8 Å². The summed E-state index contributed by atoms with van der Waals surface area (Å²) in [5, 5.41) is 0. The monoisotopic (exact) mass is 250 g/mol. The molecule has 0 bridgehead atoms. The van der Waals surface area contributed by atoms with E-state index in [1.807, 2.05) is 6.92 Å². The van der Waals surface area contributed by atoms with Crippen molar-refractivity contribution in [2.24, 2.45) is 11.7 Å². The molecular weight excluding hydrogens is 231 g/mol. The maximum absolute atomic E-state index is 13.7. The van der Waals surface area contributed by atoms with E-state index in [0.29, 0.717) is 25.6 Å². The molecule has 1 aliphatic heterocycles. The van der Waals surface area contributed by atoms with Gasteiger partial charge < -0.3 is 10.6 Å². The van der Waals surface area contributed by atoms with Crippen LogP contribution >= 0.6 is 0 Å². The van der Waals surface area contributed by atoms with Gasteiger partial charge in [0.25, 0.3) is 5.91 Å². The summed E-state index contributed by atoms with van der Waals surface area (Å²) in [6.07, 6.45) is 1.82. The third-order valence-corrected chi connectivity index (χ3v) is 3.59. The molecule has 1 aromatic carbocycles. The van der Waals surface area contributed by atoms with E-state index >= 15 is 0 Å². The predicted molar refractivity (Wildman–Crippen MR) is 68.8 cm³/mol. The van der Waals surface area contributed by atoms with Crippen LogP contribution in [-0.2, 0) is 0 Å². The number of nitrogens with zero attached hydrogens (tertiary/aromatic N) is 1. The summed E-state index contributed by atoms with van der Waals surface area (Å²) in [4.78, 5) is 13.9. The van der Waals surface area contributed by atoms with Gasteiger partial charge in [0.15, 0.2) is 0 Å². The fourth-order valence-electron chi connectivity index (χ4n) is 2.35. The highest BCUT2D eigenvalue weighted by molar-refractivity contribution is 5.94. The molecule has 0 aliphatic carbocycles. The highest BCUT2D eigenvalue weighted by Gasteiger charge is 2.24. The molecule has 0 spiro atoms. The van der Waals surface area contributed by atoms with Crippen LogP contribution in [0.25, 0.3) is 0 Å². The number of piperidine rings is 1. The minimum Gasteiger partial charge on any atom is -0.339 e. The number of nitrogens with two attached hydrogens (primary N) is 1. The molecule has 0 unspecified atom stereocenters. The van der Waals surface area contributed by atoms with Gasteiger partial charge in [-0.25, -0.2) is 4.39 Å². The Kier molecular flexibility index (Phi) is 3.97. The number of hydrogen-bond acceptors (Lipinski definition) is 2. The van der Waals surface area contributed by atoms with Crippen molar-refractivity contribution in [1.29, 1.82) is 0 Å². The average molecular weight is 250 g/mol. The summed E-state index contributed by atoms with van der Waals surface area (Å²) < 4.78 is 13.7. The fourth-order valence-corrected chi connectivity index (χ4v) is 2.35. The van der Waals surface area contributed by atoms with Crippen molar-refractivity contribution in [3.63, 3.8) is 0 Å². The lowest BCUT2D eigenvalue weighted by Crippen LogP contribution is -2.40. The average Bonchev–Trinajstić information content (AvgIpc) is 2.41. The summed E-state index contributed by atoms with van der Waals surface area (Å²) in [5.41, 5.74) is 6.70. The van der Waals surface area contributed by atoms with Crippen LogP contribution in [-0.4, -0.2) is 30.4 Å². The lowest BCUT2D eigenvalue weighted by molar-refractivity contribution is 0.0688. The Morgan fingerprint density at radius 2 is 2.11 bits per heavy atom. The number of amides is 1. The number of halogens is 1. The molecule has 3 nitrogen and oxygen atoms in total. The standard InChI is InChI=1S/C14H19FN2O/c1-10-2-3-13(15)12(8-10)14(18)17-6-4-11(9-16)5-7-17/h2-3,8,11H,4-7,9,16H2,1H3. The first-order chi connectivity index (χ1) is 8.61. The maximum atomic E-state index is 13.7. The molecule has 1 fully saturated rings.